The molecular weight excluding hydrogens is 296 g/mol. The molecule has 0 unspecified atom stereocenters. The first-order chi connectivity index (χ1) is 10.6. The number of carbonyl (C=O) groups is 2. The summed E-state index contributed by atoms with van der Waals surface area (Å²) in [6.45, 7) is 1.86. The molecule has 2 aromatic carbocycles. The van der Waals surface area contributed by atoms with Gasteiger partial charge in [-0.2, -0.15) is 0 Å². The summed E-state index contributed by atoms with van der Waals surface area (Å²) < 4.78 is 0. The van der Waals surface area contributed by atoms with E-state index in [1.807, 2.05) is 49.6 Å². The van der Waals surface area contributed by atoms with Gasteiger partial charge in [0.1, 0.15) is 0 Å². The summed E-state index contributed by atoms with van der Waals surface area (Å²) in [6.07, 6.45) is 1.98. The van der Waals surface area contributed by atoms with E-state index in [-0.39, 0.29) is 18.4 Å². The van der Waals surface area contributed by atoms with E-state index >= 15 is 0 Å². The lowest BCUT2D eigenvalue weighted by Gasteiger charge is -2.08. The number of hydrogen-bond donors (Lipinski definition) is 2. The van der Waals surface area contributed by atoms with Crippen LogP contribution in [0.4, 0.5) is 5.69 Å². The predicted octanol–water partition coefficient (Wildman–Crippen LogP) is 3.09. The maximum absolute atomic E-state index is 12.0. The number of aryl methyl sites for hydroxylation is 1. The molecule has 5 heteroatoms. The Hall–Kier alpha value is -2.27. The molecule has 0 saturated heterocycles. The van der Waals surface area contributed by atoms with E-state index in [4.69, 9.17) is 0 Å². The van der Waals surface area contributed by atoms with Gasteiger partial charge < -0.3 is 10.6 Å². The van der Waals surface area contributed by atoms with Crippen LogP contribution < -0.4 is 10.6 Å². The van der Waals surface area contributed by atoms with E-state index in [1.54, 1.807) is 23.9 Å². The maximum Gasteiger partial charge on any atom is 0.251 e. The Labute approximate surface area is 134 Å². The molecule has 0 atom stereocenters. The zero-order valence-electron chi connectivity index (χ0n) is 12.6. The van der Waals surface area contributed by atoms with Gasteiger partial charge in [0.2, 0.25) is 5.91 Å². The number of thioether (sulfide) groups is 1. The van der Waals surface area contributed by atoms with Gasteiger partial charge in [0.15, 0.2) is 0 Å². The minimum atomic E-state index is -0.253. The first-order valence-electron chi connectivity index (χ1n) is 6.87. The van der Waals surface area contributed by atoms with Crippen LogP contribution in [-0.4, -0.2) is 24.6 Å². The fourth-order valence-electron chi connectivity index (χ4n) is 1.95. The van der Waals surface area contributed by atoms with Gasteiger partial charge in [0, 0.05) is 16.1 Å². The number of amides is 2. The quantitative estimate of drug-likeness (QED) is 0.834. The van der Waals surface area contributed by atoms with Crippen LogP contribution >= 0.6 is 11.8 Å². The van der Waals surface area contributed by atoms with Crippen molar-refractivity contribution in [3.05, 3.63) is 59.7 Å². The summed E-state index contributed by atoms with van der Waals surface area (Å²) in [5.74, 6) is -0.504. The summed E-state index contributed by atoms with van der Waals surface area (Å²) in [4.78, 5) is 24.9. The molecule has 114 valence electrons. The summed E-state index contributed by atoms with van der Waals surface area (Å²) in [5.41, 5.74) is 2.28. The molecule has 4 nitrogen and oxygen atoms in total. The number of rotatable bonds is 5. The van der Waals surface area contributed by atoms with Crippen LogP contribution in [0, 0.1) is 6.92 Å². The van der Waals surface area contributed by atoms with Crippen LogP contribution in [0.5, 0.6) is 0 Å². The van der Waals surface area contributed by atoms with Crippen LogP contribution in [0.1, 0.15) is 15.9 Å². The average molecular weight is 314 g/mol. The molecule has 0 aliphatic heterocycles. The van der Waals surface area contributed by atoms with Gasteiger partial charge in [0.25, 0.3) is 5.91 Å². The zero-order chi connectivity index (χ0) is 15.9. The van der Waals surface area contributed by atoms with Gasteiger partial charge in [-0.15, -0.1) is 11.8 Å². The molecule has 0 bridgehead atoms. The molecule has 0 saturated carbocycles. The number of nitrogens with one attached hydrogen (secondary N) is 2. The fourth-order valence-corrected chi connectivity index (χ4v) is 2.41. The lowest BCUT2D eigenvalue weighted by atomic mass is 10.1. The molecule has 0 heterocycles. The van der Waals surface area contributed by atoms with Gasteiger partial charge >= 0.3 is 0 Å². The van der Waals surface area contributed by atoms with Gasteiger partial charge in [0.05, 0.1) is 6.54 Å². The summed E-state index contributed by atoms with van der Waals surface area (Å²) in [5, 5.41) is 5.39. The smallest absolute Gasteiger partial charge is 0.251 e. The Bertz CT molecular complexity index is 686. The van der Waals surface area contributed by atoms with Crippen molar-refractivity contribution in [2.45, 2.75) is 11.8 Å². The highest BCUT2D eigenvalue weighted by molar-refractivity contribution is 7.98. The minimum absolute atomic E-state index is 0.0593. The third kappa shape index (κ3) is 4.63. The molecule has 22 heavy (non-hydrogen) atoms. The Morgan fingerprint density at radius 1 is 1.09 bits per heavy atom. The Balaban J connectivity index is 1.88. The van der Waals surface area contributed by atoms with Gasteiger partial charge in [-0.25, -0.2) is 0 Å². The third-order valence-corrected chi connectivity index (χ3v) is 3.77. The maximum atomic E-state index is 12.0. The van der Waals surface area contributed by atoms with Crippen molar-refractivity contribution in [1.29, 1.82) is 0 Å². The molecule has 2 amide bonds. The van der Waals surface area contributed by atoms with E-state index < -0.39 is 0 Å². The molecule has 0 aliphatic carbocycles. The number of anilines is 1. The van der Waals surface area contributed by atoms with Gasteiger partial charge in [-0.1, -0.05) is 23.8 Å². The summed E-state index contributed by atoms with van der Waals surface area (Å²) in [7, 11) is 0. The summed E-state index contributed by atoms with van der Waals surface area (Å²) in [6, 6.07) is 14.8. The largest absolute Gasteiger partial charge is 0.343 e. The molecule has 0 aromatic heterocycles. The number of hydrogen-bond acceptors (Lipinski definition) is 3. The molecular formula is C17H18N2O2S. The first-order valence-corrected chi connectivity index (χ1v) is 8.10. The lowest BCUT2D eigenvalue weighted by Crippen LogP contribution is -2.32. The van der Waals surface area contributed by atoms with Crippen molar-refractivity contribution in [1.82, 2.24) is 5.32 Å². The molecule has 0 aliphatic rings. The van der Waals surface area contributed by atoms with Crippen molar-refractivity contribution in [3.8, 4) is 0 Å². The van der Waals surface area contributed by atoms with Crippen LogP contribution in [-0.2, 0) is 4.79 Å². The highest BCUT2D eigenvalue weighted by atomic mass is 32.2. The average Bonchev–Trinajstić information content (AvgIpc) is 2.52. The van der Waals surface area contributed by atoms with Crippen molar-refractivity contribution in [3.63, 3.8) is 0 Å². The van der Waals surface area contributed by atoms with E-state index in [0.29, 0.717) is 5.56 Å². The van der Waals surface area contributed by atoms with Crippen LogP contribution in [0.15, 0.2) is 53.4 Å². The Morgan fingerprint density at radius 3 is 2.59 bits per heavy atom. The van der Waals surface area contributed by atoms with E-state index in [2.05, 4.69) is 10.6 Å². The standard InChI is InChI=1S/C17H18N2O2S/c1-12-5-3-6-13(9-12)17(21)18-11-16(20)19-14-7-4-8-15(10-14)22-2/h3-10H,11H2,1-2H3,(H,18,21)(H,19,20). The normalized spacial score (nSPS) is 10.1. The molecule has 2 rings (SSSR count). The van der Waals surface area contributed by atoms with E-state index in [9.17, 15) is 9.59 Å². The second-order valence-corrected chi connectivity index (χ2v) is 5.71. The SMILES string of the molecule is CSc1cccc(NC(=O)CNC(=O)c2cccc(C)c2)c1. The topological polar surface area (TPSA) is 58.2 Å². The zero-order valence-corrected chi connectivity index (χ0v) is 13.4. The molecule has 2 N–H and O–H groups in total. The van der Waals surface area contributed by atoms with Crippen molar-refractivity contribution < 1.29 is 9.59 Å². The number of benzene rings is 2. The van der Waals surface area contributed by atoms with Crippen molar-refractivity contribution in [2.75, 3.05) is 18.1 Å². The highest BCUT2D eigenvalue weighted by Crippen LogP contribution is 2.18. The Morgan fingerprint density at radius 2 is 1.86 bits per heavy atom. The lowest BCUT2D eigenvalue weighted by molar-refractivity contribution is -0.115. The second kappa shape index (κ2) is 7.66. The summed E-state index contributed by atoms with van der Waals surface area (Å²) >= 11 is 1.61. The number of carbonyl (C=O) groups excluding carboxylic acids is 2. The van der Waals surface area contributed by atoms with E-state index in [1.165, 1.54) is 0 Å². The second-order valence-electron chi connectivity index (χ2n) is 4.83. The van der Waals surface area contributed by atoms with Gasteiger partial charge in [-0.3, -0.25) is 9.59 Å². The monoisotopic (exact) mass is 314 g/mol. The molecule has 0 spiro atoms. The van der Waals surface area contributed by atoms with Crippen molar-refractivity contribution >= 4 is 29.3 Å². The first kappa shape index (κ1) is 16.1. The van der Waals surface area contributed by atoms with Crippen LogP contribution in [0.2, 0.25) is 0 Å². The van der Waals surface area contributed by atoms with Crippen LogP contribution in [0.3, 0.4) is 0 Å². The molecule has 0 fully saturated rings. The third-order valence-electron chi connectivity index (χ3n) is 3.04. The van der Waals surface area contributed by atoms with Crippen molar-refractivity contribution in [2.24, 2.45) is 0 Å². The minimum Gasteiger partial charge on any atom is -0.343 e. The highest BCUT2D eigenvalue weighted by Gasteiger charge is 2.08. The fraction of sp³-hybridized carbons (Fsp3) is 0.176. The molecule has 2 aromatic rings. The van der Waals surface area contributed by atoms with E-state index in [0.717, 1.165) is 16.1 Å². The predicted molar refractivity (Wildman–Crippen MR) is 90.4 cm³/mol. The van der Waals surface area contributed by atoms with Crippen LogP contribution in [0.25, 0.3) is 0 Å². The molecule has 0 radical (unpaired) electrons. The van der Waals surface area contributed by atoms with Gasteiger partial charge in [-0.05, 0) is 43.5 Å². The Kier molecular flexibility index (Phi) is 5.61.